The van der Waals surface area contributed by atoms with E-state index in [2.05, 4.69) is 29.6 Å². The van der Waals surface area contributed by atoms with Crippen molar-refractivity contribution in [3.8, 4) is 5.69 Å². The second-order valence-electron chi connectivity index (χ2n) is 7.63. The van der Waals surface area contributed by atoms with Gasteiger partial charge in [-0.15, -0.1) is 0 Å². The SMILES string of the molecule is Cc1cccc(N2C(=O)/C(=C/c3cccn3-c3ccc4ccccc4c3)C(=O)NC2=S)c1. The van der Waals surface area contributed by atoms with Crippen LogP contribution >= 0.6 is 12.2 Å². The molecule has 5 rings (SSSR count). The van der Waals surface area contributed by atoms with Crippen molar-refractivity contribution in [1.82, 2.24) is 9.88 Å². The summed E-state index contributed by atoms with van der Waals surface area (Å²) in [5.74, 6) is -0.953. The highest BCUT2D eigenvalue weighted by molar-refractivity contribution is 7.80. The van der Waals surface area contributed by atoms with E-state index in [0.717, 1.165) is 27.7 Å². The Kier molecular flexibility index (Phi) is 4.92. The average Bonchev–Trinajstić information content (AvgIpc) is 3.24. The van der Waals surface area contributed by atoms with Crippen LogP contribution in [0.5, 0.6) is 0 Å². The highest BCUT2D eigenvalue weighted by atomic mass is 32.1. The number of aryl methyl sites for hydroxylation is 1. The maximum atomic E-state index is 13.3. The molecule has 0 aliphatic carbocycles. The van der Waals surface area contributed by atoms with Gasteiger partial charge in [-0.25, -0.2) is 0 Å². The van der Waals surface area contributed by atoms with Crippen molar-refractivity contribution in [2.24, 2.45) is 0 Å². The van der Waals surface area contributed by atoms with Crippen LogP contribution in [0.25, 0.3) is 22.5 Å². The first-order valence-electron chi connectivity index (χ1n) is 10.2. The van der Waals surface area contributed by atoms with Crippen molar-refractivity contribution >= 4 is 51.7 Å². The molecule has 0 atom stereocenters. The molecule has 2 amide bonds. The molecule has 3 aromatic carbocycles. The number of carbonyl (C=O) groups excluding carboxylic acids is 2. The summed E-state index contributed by atoms with van der Waals surface area (Å²) in [6.07, 6.45) is 3.52. The number of carbonyl (C=O) groups is 2. The van der Waals surface area contributed by atoms with E-state index in [1.165, 1.54) is 4.90 Å². The minimum absolute atomic E-state index is 0.0286. The zero-order valence-electron chi connectivity index (χ0n) is 17.3. The van der Waals surface area contributed by atoms with Crippen LogP contribution in [-0.4, -0.2) is 21.5 Å². The number of amides is 2. The predicted molar refractivity (Wildman–Crippen MR) is 131 cm³/mol. The van der Waals surface area contributed by atoms with Crippen LogP contribution in [-0.2, 0) is 9.59 Å². The van der Waals surface area contributed by atoms with Crippen LogP contribution in [0, 0.1) is 6.92 Å². The number of hydrogen-bond donors (Lipinski definition) is 1. The van der Waals surface area contributed by atoms with Crippen LogP contribution in [0.3, 0.4) is 0 Å². The van der Waals surface area contributed by atoms with E-state index in [4.69, 9.17) is 12.2 Å². The Hall–Kier alpha value is -4.03. The van der Waals surface area contributed by atoms with Gasteiger partial charge in [-0.3, -0.25) is 19.8 Å². The lowest BCUT2D eigenvalue weighted by Gasteiger charge is -2.29. The fourth-order valence-electron chi connectivity index (χ4n) is 3.88. The molecule has 1 aliphatic heterocycles. The Morgan fingerprint density at radius 2 is 1.66 bits per heavy atom. The molecule has 0 radical (unpaired) electrons. The van der Waals surface area contributed by atoms with Crippen molar-refractivity contribution < 1.29 is 9.59 Å². The number of nitrogens with zero attached hydrogens (tertiary/aromatic N) is 2. The summed E-state index contributed by atoms with van der Waals surface area (Å²) in [4.78, 5) is 27.4. The van der Waals surface area contributed by atoms with Crippen LogP contribution < -0.4 is 10.2 Å². The van der Waals surface area contributed by atoms with Crippen LogP contribution in [0.15, 0.2) is 90.6 Å². The first kappa shape index (κ1) is 19.9. The smallest absolute Gasteiger partial charge is 0.270 e. The van der Waals surface area contributed by atoms with Crippen molar-refractivity contribution in [3.63, 3.8) is 0 Å². The van der Waals surface area contributed by atoms with Gasteiger partial charge >= 0.3 is 0 Å². The lowest BCUT2D eigenvalue weighted by molar-refractivity contribution is -0.122. The zero-order valence-corrected chi connectivity index (χ0v) is 18.1. The third-order valence-corrected chi connectivity index (χ3v) is 5.73. The summed E-state index contributed by atoms with van der Waals surface area (Å²) in [6, 6.07) is 25.5. The Morgan fingerprint density at radius 1 is 0.844 bits per heavy atom. The minimum Gasteiger partial charge on any atom is -0.317 e. The van der Waals surface area contributed by atoms with E-state index in [9.17, 15) is 9.59 Å². The Balaban J connectivity index is 1.56. The van der Waals surface area contributed by atoms with Gasteiger partial charge in [-0.1, -0.05) is 42.5 Å². The van der Waals surface area contributed by atoms with Crippen molar-refractivity contribution in [2.75, 3.05) is 4.90 Å². The average molecular weight is 438 g/mol. The number of hydrogen-bond acceptors (Lipinski definition) is 3. The summed E-state index contributed by atoms with van der Waals surface area (Å²) in [6.45, 7) is 1.94. The van der Waals surface area contributed by atoms with Crippen LogP contribution in [0.4, 0.5) is 5.69 Å². The number of anilines is 1. The molecule has 0 spiro atoms. The van der Waals surface area contributed by atoms with Gasteiger partial charge in [0.25, 0.3) is 11.8 Å². The molecule has 6 heteroatoms. The fourth-order valence-corrected chi connectivity index (χ4v) is 4.16. The van der Waals surface area contributed by atoms with Crippen molar-refractivity contribution in [3.05, 3.63) is 102 Å². The summed E-state index contributed by atoms with van der Waals surface area (Å²) >= 11 is 5.30. The number of nitrogens with one attached hydrogen (secondary N) is 1. The zero-order chi connectivity index (χ0) is 22.2. The highest BCUT2D eigenvalue weighted by Gasteiger charge is 2.34. The first-order valence-corrected chi connectivity index (χ1v) is 10.6. The molecular weight excluding hydrogens is 418 g/mol. The van der Waals surface area contributed by atoms with Gasteiger partial charge in [-0.2, -0.15) is 0 Å². The molecule has 2 heterocycles. The van der Waals surface area contributed by atoms with E-state index in [0.29, 0.717) is 5.69 Å². The lowest BCUT2D eigenvalue weighted by atomic mass is 10.1. The lowest BCUT2D eigenvalue weighted by Crippen LogP contribution is -2.54. The predicted octanol–water partition coefficient (Wildman–Crippen LogP) is 4.77. The molecule has 156 valence electrons. The number of benzene rings is 3. The molecule has 1 fully saturated rings. The second kappa shape index (κ2) is 7.90. The minimum atomic E-state index is -0.504. The molecule has 4 aromatic rings. The van der Waals surface area contributed by atoms with Gasteiger partial charge in [0.15, 0.2) is 5.11 Å². The summed E-state index contributed by atoms with van der Waals surface area (Å²) in [5.41, 5.74) is 3.30. The molecule has 5 nitrogen and oxygen atoms in total. The third kappa shape index (κ3) is 3.50. The quantitative estimate of drug-likeness (QED) is 0.285. The van der Waals surface area contributed by atoms with Gasteiger partial charge < -0.3 is 4.57 Å². The van der Waals surface area contributed by atoms with Crippen molar-refractivity contribution in [2.45, 2.75) is 6.92 Å². The van der Waals surface area contributed by atoms with E-state index < -0.39 is 11.8 Å². The molecule has 0 saturated carbocycles. The van der Waals surface area contributed by atoms with E-state index in [-0.39, 0.29) is 10.7 Å². The monoisotopic (exact) mass is 437 g/mol. The topological polar surface area (TPSA) is 54.3 Å². The molecular formula is C26H19N3O2S. The molecule has 1 N–H and O–H groups in total. The van der Waals surface area contributed by atoms with E-state index >= 15 is 0 Å². The van der Waals surface area contributed by atoms with Crippen LogP contribution in [0.2, 0.25) is 0 Å². The molecule has 0 bridgehead atoms. The Bertz CT molecular complexity index is 1430. The Labute approximate surface area is 190 Å². The second-order valence-corrected chi connectivity index (χ2v) is 8.02. The highest BCUT2D eigenvalue weighted by Crippen LogP contribution is 2.25. The van der Waals surface area contributed by atoms with Gasteiger partial charge in [0.2, 0.25) is 0 Å². The number of thiocarbonyl (C=S) groups is 1. The molecule has 0 unspecified atom stereocenters. The first-order chi connectivity index (χ1) is 15.5. The van der Waals surface area contributed by atoms with Gasteiger partial charge in [0.1, 0.15) is 5.57 Å². The normalized spacial score (nSPS) is 15.5. The number of fused-ring (bicyclic) bond motifs is 1. The van der Waals surface area contributed by atoms with E-state index in [1.54, 1.807) is 12.1 Å². The third-order valence-electron chi connectivity index (χ3n) is 5.45. The number of aromatic nitrogens is 1. The Morgan fingerprint density at radius 3 is 2.47 bits per heavy atom. The van der Waals surface area contributed by atoms with E-state index in [1.807, 2.05) is 66.2 Å². The van der Waals surface area contributed by atoms with Gasteiger partial charge in [0.05, 0.1) is 5.69 Å². The summed E-state index contributed by atoms with van der Waals surface area (Å²) < 4.78 is 1.95. The molecule has 1 saturated heterocycles. The van der Waals surface area contributed by atoms with Crippen LogP contribution in [0.1, 0.15) is 11.3 Å². The summed E-state index contributed by atoms with van der Waals surface area (Å²) in [7, 11) is 0. The number of rotatable bonds is 3. The molecule has 32 heavy (non-hydrogen) atoms. The molecule has 1 aliphatic rings. The molecule has 1 aromatic heterocycles. The fraction of sp³-hybridized carbons (Fsp3) is 0.0385. The maximum absolute atomic E-state index is 13.3. The van der Waals surface area contributed by atoms with Gasteiger partial charge in [0, 0.05) is 17.6 Å². The standard InChI is InChI=1S/C26H19N3O2S/c1-17-6-4-9-22(14-17)29-25(31)23(24(30)27-26(29)32)16-20-10-5-13-28(20)21-12-11-18-7-2-3-8-19(18)15-21/h2-16H,1H3,(H,27,30,32)/b23-16+. The largest absolute Gasteiger partial charge is 0.317 e. The van der Waals surface area contributed by atoms with Crippen molar-refractivity contribution in [1.29, 1.82) is 0 Å². The maximum Gasteiger partial charge on any atom is 0.270 e. The van der Waals surface area contributed by atoms with Gasteiger partial charge in [-0.05, 0) is 78.0 Å². The summed E-state index contributed by atoms with van der Waals surface area (Å²) in [5, 5.41) is 4.98.